The van der Waals surface area contributed by atoms with Crippen LogP contribution in [0.3, 0.4) is 0 Å². The third-order valence-corrected chi connectivity index (χ3v) is 4.62. The lowest BCUT2D eigenvalue weighted by atomic mass is 9.86. The van der Waals surface area contributed by atoms with Crippen molar-refractivity contribution in [3.8, 4) is 11.4 Å². The molecule has 1 aliphatic rings. The van der Waals surface area contributed by atoms with Gasteiger partial charge in [0.15, 0.2) is 5.82 Å². The summed E-state index contributed by atoms with van der Waals surface area (Å²) in [5, 5.41) is 6.01. The summed E-state index contributed by atoms with van der Waals surface area (Å²) in [4.78, 5) is 20.9. The summed E-state index contributed by atoms with van der Waals surface area (Å²) in [5.74, 6) is 1.24. The van der Waals surface area contributed by atoms with Gasteiger partial charge in [0.2, 0.25) is 0 Å². The Morgan fingerprint density at radius 3 is 2.58 bits per heavy atom. The van der Waals surface area contributed by atoms with Gasteiger partial charge in [-0.1, -0.05) is 19.8 Å². The molecule has 126 valence electrons. The molecule has 5 heteroatoms. The molecule has 5 nitrogen and oxygen atoms in total. The van der Waals surface area contributed by atoms with Crippen LogP contribution in [0, 0.1) is 12.8 Å². The first-order valence-electron chi connectivity index (χ1n) is 8.59. The predicted octanol–water partition coefficient (Wildman–Crippen LogP) is 4.15. The molecule has 0 aliphatic heterocycles. The molecular weight excluding hydrogens is 300 g/mol. The zero-order valence-electron chi connectivity index (χ0n) is 14.2. The summed E-state index contributed by atoms with van der Waals surface area (Å²) in [6.45, 7) is 4.15. The van der Waals surface area contributed by atoms with Gasteiger partial charge in [-0.15, -0.1) is 0 Å². The van der Waals surface area contributed by atoms with E-state index in [0.29, 0.717) is 11.7 Å². The predicted molar refractivity (Wildman–Crippen MR) is 95.8 cm³/mol. The summed E-state index contributed by atoms with van der Waals surface area (Å²) in [5.41, 5.74) is 2.64. The van der Waals surface area contributed by atoms with Gasteiger partial charge in [-0.25, -0.2) is 14.8 Å². The summed E-state index contributed by atoms with van der Waals surface area (Å²) in [7, 11) is 0. The lowest BCUT2D eigenvalue weighted by Gasteiger charge is -2.29. The van der Waals surface area contributed by atoms with E-state index in [4.69, 9.17) is 0 Å². The Balaban J connectivity index is 1.60. The molecule has 2 N–H and O–H groups in total. The Bertz CT molecular complexity index is 699. The van der Waals surface area contributed by atoms with Crippen LogP contribution in [0.15, 0.2) is 36.5 Å². The largest absolute Gasteiger partial charge is 0.335 e. The SMILES string of the molecule is Cc1ccnc(-c2ccc(NC(=O)NC3CCCCC3C)cc2)n1. The molecule has 0 spiro atoms. The van der Waals surface area contributed by atoms with Crippen LogP contribution in [0.1, 0.15) is 38.3 Å². The molecular formula is C19H24N4O. The van der Waals surface area contributed by atoms with Gasteiger partial charge in [-0.2, -0.15) is 0 Å². The molecule has 2 amide bonds. The van der Waals surface area contributed by atoms with Crippen LogP contribution in [0.5, 0.6) is 0 Å². The van der Waals surface area contributed by atoms with Gasteiger partial charge >= 0.3 is 6.03 Å². The third kappa shape index (κ3) is 4.10. The number of aryl methyl sites for hydroxylation is 1. The smallest absolute Gasteiger partial charge is 0.319 e. The van der Waals surface area contributed by atoms with Crippen LogP contribution < -0.4 is 10.6 Å². The van der Waals surface area contributed by atoms with Crippen molar-refractivity contribution < 1.29 is 4.79 Å². The molecule has 2 atom stereocenters. The van der Waals surface area contributed by atoms with E-state index in [2.05, 4.69) is 27.5 Å². The maximum absolute atomic E-state index is 12.2. The van der Waals surface area contributed by atoms with Crippen molar-refractivity contribution in [3.63, 3.8) is 0 Å². The highest BCUT2D eigenvalue weighted by Gasteiger charge is 2.22. The zero-order valence-corrected chi connectivity index (χ0v) is 14.2. The number of rotatable bonds is 3. The van der Waals surface area contributed by atoms with E-state index in [1.54, 1.807) is 6.20 Å². The van der Waals surface area contributed by atoms with Gasteiger partial charge in [0.1, 0.15) is 0 Å². The maximum atomic E-state index is 12.2. The van der Waals surface area contributed by atoms with E-state index < -0.39 is 0 Å². The molecule has 24 heavy (non-hydrogen) atoms. The Labute approximate surface area is 142 Å². The van der Waals surface area contributed by atoms with Crippen molar-refractivity contribution >= 4 is 11.7 Å². The van der Waals surface area contributed by atoms with E-state index in [0.717, 1.165) is 23.4 Å². The van der Waals surface area contributed by atoms with Crippen LogP contribution in [-0.4, -0.2) is 22.0 Å². The van der Waals surface area contributed by atoms with Crippen molar-refractivity contribution in [2.75, 3.05) is 5.32 Å². The summed E-state index contributed by atoms with van der Waals surface area (Å²) < 4.78 is 0. The molecule has 3 rings (SSSR count). The topological polar surface area (TPSA) is 66.9 Å². The number of amides is 2. The van der Waals surface area contributed by atoms with Gasteiger partial charge in [-0.05, 0) is 56.0 Å². The van der Waals surface area contributed by atoms with E-state index in [9.17, 15) is 4.79 Å². The monoisotopic (exact) mass is 324 g/mol. The molecule has 0 bridgehead atoms. The van der Waals surface area contributed by atoms with Gasteiger partial charge in [0, 0.05) is 29.2 Å². The van der Waals surface area contributed by atoms with Gasteiger partial charge < -0.3 is 10.6 Å². The van der Waals surface area contributed by atoms with E-state index in [1.807, 2.05) is 37.3 Å². The Kier molecular flexibility index (Phi) is 5.08. The first kappa shape index (κ1) is 16.4. The summed E-state index contributed by atoms with van der Waals surface area (Å²) in [6.07, 6.45) is 6.47. The fourth-order valence-electron chi connectivity index (χ4n) is 3.16. The number of aromatic nitrogens is 2. The molecule has 1 saturated carbocycles. The second kappa shape index (κ2) is 7.43. The highest BCUT2D eigenvalue weighted by molar-refractivity contribution is 5.89. The minimum absolute atomic E-state index is 0.131. The number of benzene rings is 1. The lowest BCUT2D eigenvalue weighted by molar-refractivity contribution is 0.232. The van der Waals surface area contributed by atoms with Crippen LogP contribution in [0.25, 0.3) is 11.4 Å². The first-order valence-corrected chi connectivity index (χ1v) is 8.59. The number of nitrogens with zero attached hydrogens (tertiary/aromatic N) is 2. The van der Waals surface area contributed by atoms with Crippen molar-refractivity contribution in [2.24, 2.45) is 5.92 Å². The quantitative estimate of drug-likeness (QED) is 0.891. The number of nitrogens with one attached hydrogen (secondary N) is 2. The van der Waals surface area contributed by atoms with Crippen LogP contribution in [0.2, 0.25) is 0 Å². The van der Waals surface area contributed by atoms with Crippen molar-refractivity contribution in [1.29, 1.82) is 0 Å². The Morgan fingerprint density at radius 2 is 1.88 bits per heavy atom. The van der Waals surface area contributed by atoms with E-state index in [-0.39, 0.29) is 12.1 Å². The fourth-order valence-corrected chi connectivity index (χ4v) is 3.16. The molecule has 1 fully saturated rings. The number of hydrogen-bond donors (Lipinski definition) is 2. The van der Waals surface area contributed by atoms with Crippen LogP contribution >= 0.6 is 0 Å². The van der Waals surface area contributed by atoms with E-state index >= 15 is 0 Å². The molecule has 1 aromatic heterocycles. The second-order valence-corrected chi connectivity index (χ2v) is 6.57. The van der Waals surface area contributed by atoms with Crippen molar-refractivity contribution in [3.05, 3.63) is 42.2 Å². The van der Waals surface area contributed by atoms with Crippen LogP contribution in [-0.2, 0) is 0 Å². The van der Waals surface area contributed by atoms with Crippen molar-refractivity contribution in [2.45, 2.75) is 45.6 Å². The fraction of sp³-hybridized carbons (Fsp3) is 0.421. The van der Waals surface area contributed by atoms with Crippen molar-refractivity contribution in [1.82, 2.24) is 15.3 Å². The number of anilines is 1. The minimum Gasteiger partial charge on any atom is -0.335 e. The normalized spacial score (nSPS) is 20.4. The molecule has 2 aromatic rings. The molecule has 2 unspecified atom stereocenters. The average Bonchev–Trinajstić information content (AvgIpc) is 2.58. The molecule has 0 radical (unpaired) electrons. The van der Waals surface area contributed by atoms with Gasteiger partial charge in [-0.3, -0.25) is 0 Å². The molecule has 1 heterocycles. The van der Waals surface area contributed by atoms with Gasteiger partial charge in [0.25, 0.3) is 0 Å². The average molecular weight is 324 g/mol. The first-order chi connectivity index (χ1) is 11.6. The maximum Gasteiger partial charge on any atom is 0.319 e. The van der Waals surface area contributed by atoms with Gasteiger partial charge in [0.05, 0.1) is 0 Å². The number of hydrogen-bond acceptors (Lipinski definition) is 3. The highest BCUT2D eigenvalue weighted by Crippen LogP contribution is 2.24. The number of urea groups is 1. The van der Waals surface area contributed by atoms with Crippen LogP contribution in [0.4, 0.5) is 10.5 Å². The second-order valence-electron chi connectivity index (χ2n) is 6.57. The molecule has 1 aromatic carbocycles. The third-order valence-electron chi connectivity index (χ3n) is 4.62. The highest BCUT2D eigenvalue weighted by atomic mass is 16.2. The molecule has 0 saturated heterocycles. The summed E-state index contributed by atoms with van der Waals surface area (Å²) >= 11 is 0. The standard InChI is InChI=1S/C19H24N4O/c1-13-5-3-4-6-17(13)23-19(24)22-16-9-7-15(8-10-16)18-20-12-11-14(2)21-18/h7-13,17H,3-6H2,1-2H3,(H2,22,23,24). The number of carbonyl (C=O) groups is 1. The minimum atomic E-state index is -0.131. The Morgan fingerprint density at radius 1 is 1.12 bits per heavy atom. The van der Waals surface area contributed by atoms with E-state index in [1.165, 1.54) is 19.3 Å². The lowest BCUT2D eigenvalue weighted by Crippen LogP contribution is -2.43. The summed E-state index contributed by atoms with van der Waals surface area (Å²) in [6, 6.07) is 9.62. The number of carbonyl (C=O) groups excluding carboxylic acids is 1. The Hall–Kier alpha value is -2.43. The molecule has 1 aliphatic carbocycles. The zero-order chi connectivity index (χ0) is 16.9.